The second-order valence-corrected chi connectivity index (χ2v) is 8.52. The van der Waals surface area contributed by atoms with E-state index in [4.69, 9.17) is 0 Å². The molecule has 5 nitrogen and oxygen atoms in total. The molecule has 1 aliphatic heterocycles. The summed E-state index contributed by atoms with van der Waals surface area (Å²) in [4.78, 5) is 12.3. The Bertz CT molecular complexity index is 513. The molecule has 2 aliphatic rings. The number of carbonyl (C=O) groups excluding carboxylic acids is 1. The van der Waals surface area contributed by atoms with Crippen LogP contribution in [0, 0.1) is 17.2 Å². The van der Waals surface area contributed by atoms with Crippen LogP contribution in [0.1, 0.15) is 51.9 Å². The van der Waals surface area contributed by atoms with E-state index >= 15 is 0 Å². The molecule has 0 bridgehead atoms. The zero-order chi connectivity index (χ0) is 14.8. The third-order valence-electron chi connectivity index (χ3n) is 4.58. The third-order valence-corrected chi connectivity index (χ3v) is 6.75. The van der Waals surface area contributed by atoms with Gasteiger partial charge in [0, 0.05) is 0 Å². The van der Waals surface area contributed by atoms with Gasteiger partial charge in [-0.2, -0.15) is 5.26 Å². The van der Waals surface area contributed by atoms with Gasteiger partial charge in [0.05, 0.1) is 11.8 Å². The van der Waals surface area contributed by atoms with Crippen LogP contribution in [0.4, 0.5) is 0 Å². The Morgan fingerprint density at radius 2 is 1.90 bits per heavy atom. The summed E-state index contributed by atoms with van der Waals surface area (Å²) in [5.41, 5.74) is -0.865. The number of nitrogens with zero attached hydrogens (tertiary/aromatic N) is 1. The Hall–Kier alpha value is -1.09. The molecule has 1 atom stereocenters. The van der Waals surface area contributed by atoms with Gasteiger partial charge in [-0.1, -0.05) is 13.3 Å². The number of carbonyl (C=O) groups is 1. The first-order chi connectivity index (χ1) is 9.38. The Kier molecular flexibility index (Phi) is 4.38. The molecule has 20 heavy (non-hydrogen) atoms. The summed E-state index contributed by atoms with van der Waals surface area (Å²) in [6.45, 7) is 2.13. The van der Waals surface area contributed by atoms with Crippen molar-refractivity contribution in [3.63, 3.8) is 0 Å². The first kappa shape index (κ1) is 15.3. The normalized spacial score (nSPS) is 36.8. The van der Waals surface area contributed by atoms with Crippen molar-refractivity contribution in [1.82, 2.24) is 5.32 Å². The first-order valence-electron chi connectivity index (χ1n) is 7.33. The minimum absolute atomic E-state index is 0.0850. The molecule has 1 aliphatic carbocycles. The molecule has 0 aromatic heterocycles. The van der Waals surface area contributed by atoms with E-state index in [1.165, 1.54) is 0 Å². The SMILES string of the molecule is CC1CCC(C#N)(NC(=O)C2CCCCS2(=O)=O)CC1. The fourth-order valence-corrected chi connectivity index (χ4v) is 4.89. The number of rotatable bonds is 2. The smallest absolute Gasteiger partial charge is 0.239 e. The Labute approximate surface area is 120 Å². The fraction of sp³-hybridized carbons (Fsp3) is 0.857. The molecule has 2 rings (SSSR count). The molecule has 0 radical (unpaired) electrons. The van der Waals surface area contributed by atoms with Gasteiger partial charge >= 0.3 is 0 Å². The lowest BCUT2D eigenvalue weighted by Gasteiger charge is -2.35. The highest BCUT2D eigenvalue weighted by Gasteiger charge is 2.41. The molecule has 0 spiro atoms. The van der Waals surface area contributed by atoms with E-state index in [1.807, 2.05) is 0 Å². The van der Waals surface area contributed by atoms with Gasteiger partial charge in [-0.3, -0.25) is 4.79 Å². The van der Waals surface area contributed by atoms with Crippen molar-refractivity contribution < 1.29 is 13.2 Å². The summed E-state index contributed by atoms with van der Waals surface area (Å²) >= 11 is 0. The monoisotopic (exact) mass is 298 g/mol. The van der Waals surface area contributed by atoms with E-state index in [0.717, 1.165) is 19.3 Å². The molecule has 2 fully saturated rings. The average molecular weight is 298 g/mol. The van der Waals surface area contributed by atoms with E-state index in [-0.39, 0.29) is 5.75 Å². The zero-order valence-corrected chi connectivity index (χ0v) is 12.7. The molecule has 0 aromatic carbocycles. The van der Waals surface area contributed by atoms with Crippen molar-refractivity contribution in [1.29, 1.82) is 5.26 Å². The maximum atomic E-state index is 12.3. The summed E-state index contributed by atoms with van der Waals surface area (Å²) in [5.74, 6) is 0.175. The van der Waals surface area contributed by atoms with Crippen LogP contribution in [-0.2, 0) is 14.6 Å². The van der Waals surface area contributed by atoms with Gasteiger partial charge in [-0.25, -0.2) is 8.42 Å². The van der Waals surface area contributed by atoms with Crippen molar-refractivity contribution >= 4 is 15.7 Å². The van der Waals surface area contributed by atoms with Crippen LogP contribution >= 0.6 is 0 Å². The van der Waals surface area contributed by atoms with E-state index in [1.54, 1.807) is 0 Å². The number of sulfone groups is 1. The summed E-state index contributed by atoms with van der Waals surface area (Å²) in [5, 5.41) is 11.2. The first-order valence-corrected chi connectivity index (χ1v) is 9.05. The fourth-order valence-electron chi connectivity index (χ4n) is 3.08. The molecule has 1 unspecified atom stereocenters. The maximum absolute atomic E-state index is 12.3. The molecule has 1 saturated heterocycles. The van der Waals surface area contributed by atoms with E-state index in [0.29, 0.717) is 31.6 Å². The van der Waals surface area contributed by atoms with Gasteiger partial charge in [0.1, 0.15) is 10.8 Å². The third kappa shape index (κ3) is 3.14. The largest absolute Gasteiger partial charge is 0.337 e. The second kappa shape index (κ2) is 5.72. The van der Waals surface area contributed by atoms with Crippen molar-refractivity contribution in [2.45, 2.75) is 62.7 Å². The predicted molar refractivity (Wildman–Crippen MR) is 75.5 cm³/mol. The average Bonchev–Trinajstić information content (AvgIpc) is 2.41. The topological polar surface area (TPSA) is 87.0 Å². The molecule has 6 heteroatoms. The minimum Gasteiger partial charge on any atom is -0.337 e. The Morgan fingerprint density at radius 1 is 1.25 bits per heavy atom. The van der Waals surface area contributed by atoms with Crippen molar-refractivity contribution in [2.75, 3.05) is 5.75 Å². The van der Waals surface area contributed by atoms with Crippen molar-refractivity contribution in [3.8, 4) is 6.07 Å². The lowest BCUT2D eigenvalue weighted by atomic mass is 9.78. The van der Waals surface area contributed by atoms with Gasteiger partial charge in [-0.05, 0) is 44.4 Å². The molecule has 1 saturated carbocycles. The van der Waals surface area contributed by atoms with Gasteiger partial charge in [0.15, 0.2) is 9.84 Å². The molecular formula is C14H22N2O3S. The minimum atomic E-state index is -3.34. The number of nitriles is 1. The van der Waals surface area contributed by atoms with Crippen LogP contribution in [0.25, 0.3) is 0 Å². The Morgan fingerprint density at radius 3 is 2.45 bits per heavy atom. The van der Waals surface area contributed by atoms with Crippen LogP contribution < -0.4 is 5.32 Å². The van der Waals surface area contributed by atoms with Crippen molar-refractivity contribution in [2.24, 2.45) is 5.92 Å². The molecule has 1 heterocycles. The zero-order valence-electron chi connectivity index (χ0n) is 11.9. The number of hydrogen-bond acceptors (Lipinski definition) is 4. The van der Waals surface area contributed by atoms with Crippen LogP contribution in [0.15, 0.2) is 0 Å². The highest BCUT2D eigenvalue weighted by Crippen LogP contribution is 2.32. The maximum Gasteiger partial charge on any atom is 0.239 e. The van der Waals surface area contributed by atoms with Crippen LogP contribution in [0.5, 0.6) is 0 Å². The van der Waals surface area contributed by atoms with Gasteiger partial charge < -0.3 is 5.32 Å². The van der Waals surface area contributed by atoms with Gasteiger partial charge in [-0.15, -0.1) is 0 Å². The highest BCUT2D eigenvalue weighted by atomic mass is 32.2. The number of hydrogen-bond donors (Lipinski definition) is 1. The molecule has 112 valence electrons. The van der Waals surface area contributed by atoms with E-state index in [9.17, 15) is 18.5 Å². The standard InChI is InChI=1S/C14H22N2O3S/c1-11-5-7-14(10-15,8-6-11)16-13(17)12-4-2-3-9-20(12,18)19/h11-12H,2-9H2,1H3,(H,16,17). The van der Waals surface area contributed by atoms with Crippen molar-refractivity contribution in [3.05, 3.63) is 0 Å². The molecular weight excluding hydrogens is 276 g/mol. The summed E-state index contributed by atoms with van der Waals surface area (Å²) in [6.07, 6.45) is 4.79. The van der Waals surface area contributed by atoms with Crippen LogP contribution in [-0.4, -0.2) is 30.9 Å². The number of nitrogens with one attached hydrogen (secondary N) is 1. The van der Waals surface area contributed by atoms with E-state index in [2.05, 4.69) is 18.3 Å². The molecule has 1 amide bonds. The predicted octanol–water partition coefficient (Wildman–Crippen LogP) is 1.54. The summed E-state index contributed by atoms with van der Waals surface area (Å²) in [6, 6.07) is 2.21. The highest BCUT2D eigenvalue weighted by molar-refractivity contribution is 7.92. The van der Waals surface area contributed by atoms with Gasteiger partial charge in [0.25, 0.3) is 0 Å². The Balaban J connectivity index is 2.08. The van der Waals surface area contributed by atoms with Crippen LogP contribution in [0.2, 0.25) is 0 Å². The summed E-state index contributed by atoms with van der Waals surface area (Å²) in [7, 11) is -3.34. The lowest BCUT2D eigenvalue weighted by molar-refractivity contribution is -0.122. The quantitative estimate of drug-likeness (QED) is 0.837. The molecule has 0 aromatic rings. The van der Waals surface area contributed by atoms with Gasteiger partial charge in [0.2, 0.25) is 5.91 Å². The number of amides is 1. The lowest BCUT2D eigenvalue weighted by Crippen LogP contribution is -2.54. The molecule has 1 N–H and O–H groups in total. The van der Waals surface area contributed by atoms with E-state index < -0.39 is 26.5 Å². The van der Waals surface area contributed by atoms with Crippen LogP contribution in [0.3, 0.4) is 0 Å². The summed E-state index contributed by atoms with van der Waals surface area (Å²) < 4.78 is 23.9. The second-order valence-electron chi connectivity index (χ2n) is 6.22.